The number of amides is 1. The van der Waals surface area contributed by atoms with Gasteiger partial charge in [0.1, 0.15) is 5.69 Å². The van der Waals surface area contributed by atoms with Crippen LogP contribution in [0, 0.1) is 0 Å². The first-order valence-electron chi connectivity index (χ1n) is 6.18. The van der Waals surface area contributed by atoms with Crippen molar-refractivity contribution in [2.45, 2.75) is 26.3 Å². The number of carbonyl (C=O) groups is 1. The van der Waals surface area contributed by atoms with Crippen molar-refractivity contribution in [2.24, 2.45) is 0 Å². The highest BCUT2D eigenvalue weighted by molar-refractivity contribution is 5.92. The standard InChI is InChI=1S/C13H21N3O2/c1-10(2)16(3)9-5-8-14-13(18)11-6-4-7-12(17)15-11/h4,6-7,10H,5,8-9H2,1-3H3,(H,14,18)(H,15,17). The van der Waals surface area contributed by atoms with Gasteiger partial charge in [-0.2, -0.15) is 0 Å². The average molecular weight is 251 g/mol. The number of nitrogens with one attached hydrogen (secondary N) is 2. The molecule has 1 rings (SSSR count). The van der Waals surface area contributed by atoms with Crippen molar-refractivity contribution >= 4 is 5.91 Å². The van der Waals surface area contributed by atoms with Crippen molar-refractivity contribution in [1.82, 2.24) is 15.2 Å². The van der Waals surface area contributed by atoms with E-state index in [1.165, 1.54) is 6.07 Å². The van der Waals surface area contributed by atoms with Crippen molar-refractivity contribution in [3.63, 3.8) is 0 Å². The summed E-state index contributed by atoms with van der Waals surface area (Å²) in [7, 11) is 2.06. The molecule has 0 saturated heterocycles. The third-order valence-electron chi connectivity index (χ3n) is 2.87. The van der Waals surface area contributed by atoms with E-state index in [9.17, 15) is 9.59 Å². The third-order valence-corrected chi connectivity index (χ3v) is 2.87. The second kappa shape index (κ2) is 6.96. The maximum atomic E-state index is 11.7. The van der Waals surface area contributed by atoms with Gasteiger partial charge < -0.3 is 15.2 Å². The van der Waals surface area contributed by atoms with Crippen molar-refractivity contribution < 1.29 is 4.79 Å². The first kappa shape index (κ1) is 14.4. The van der Waals surface area contributed by atoms with E-state index in [0.29, 0.717) is 18.3 Å². The van der Waals surface area contributed by atoms with Gasteiger partial charge in [-0.05, 0) is 39.9 Å². The van der Waals surface area contributed by atoms with Gasteiger partial charge in [0, 0.05) is 18.7 Å². The van der Waals surface area contributed by atoms with Crippen molar-refractivity contribution in [2.75, 3.05) is 20.1 Å². The molecule has 0 saturated carbocycles. The molecule has 0 aliphatic carbocycles. The van der Waals surface area contributed by atoms with Crippen LogP contribution in [0.4, 0.5) is 0 Å². The summed E-state index contributed by atoms with van der Waals surface area (Å²) in [6, 6.07) is 5.05. The van der Waals surface area contributed by atoms with Crippen LogP contribution in [0.25, 0.3) is 0 Å². The molecule has 0 aliphatic rings. The minimum Gasteiger partial charge on any atom is -0.351 e. The molecule has 100 valence electrons. The molecule has 0 unspecified atom stereocenters. The quantitative estimate of drug-likeness (QED) is 0.736. The number of nitrogens with zero attached hydrogens (tertiary/aromatic N) is 1. The molecule has 5 nitrogen and oxygen atoms in total. The molecule has 18 heavy (non-hydrogen) atoms. The lowest BCUT2D eigenvalue weighted by atomic mass is 10.3. The van der Waals surface area contributed by atoms with Crippen LogP contribution in [-0.2, 0) is 0 Å². The number of aromatic amines is 1. The zero-order chi connectivity index (χ0) is 13.5. The predicted molar refractivity (Wildman–Crippen MR) is 71.8 cm³/mol. The van der Waals surface area contributed by atoms with Gasteiger partial charge in [0.15, 0.2) is 0 Å². The largest absolute Gasteiger partial charge is 0.351 e. The summed E-state index contributed by atoms with van der Waals surface area (Å²) in [6.07, 6.45) is 0.886. The van der Waals surface area contributed by atoms with Crippen LogP contribution in [0.2, 0.25) is 0 Å². The maximum Gasteiger partial charge on any atom is 0.267 e. The molecule has 0 bridgehead atoms. The normalized spacial score (nSPS) is 10.9. The number of hydrogen-bond acceptors (Lipinski definition) is 3. The Bertz CT molecular complexity index is 440. The van der Waals surface area contributed by atoms with E-state index in [-0.39, 0.29) is 11.5 Å². The third kappa shape index (κ3) is 4.71. The molecule has 0 spiro atoms. The Labute approximate surface area is 107 Å². The predicted octanol–water partition coefficient (Wildman–Crippen LogP) is 0.835. The molecule has 1 aromatic heterocycles. The van der Waals surface area contributed by atoms with Gasteiger partial charge in [-0.1, -0.05) is 6.07 Å². The van der Waals surface area contributed by atoms with Crippen molar-refractivity contribution in [3.8, 4) is 0 Å². The maximum absolute atomic E-state index is 11.7. The average Bonchev–Trinajstić information content (AvgIpc) is 2.33. The fourth-order valence-electron chi connectivity index (χ4n) is 1.46. The zero-order valence-corrected chi connectivity index (χ0v) is 11.2. The lowest BCUT2D eigenvalue weighted by Gasteiger charge is -2.20. The molecule has 5 heteroatoms. The second-order valence-electron chi connectivity index (χ2n) is 4.61. The highest BCUT2D eigenvalue weighted by Gasteiger charge is 2.06. The number of carbonyl (C=O) groups excluding carboxylic acids is 1. The van der Waals surface area contributed by atoms with E-state index in [0.717, 1.165) is 13.0 Å². The lowest BCUT2D eigenvalue weighted by molar-refractivity contribution is 0.0946. The Balaban J connectivity index is 2.32. The van der Waals surface area contributed by atoms with Gasteiger partial charge in [0.25, 0.3) is 5.91 Å². The van der Waals surface area contributed by atoms with Crippen LogP contribution in [0.15, 0.2) is 23.0 Å². The topological polar surface area (TPSA) is 65.2 Å². The van der Waals surface area contributed by atoms with E-state index in [1.54, 1.807) is 12.1 Å². The number of H-pyrrole nitrogens is 1. The minimum atomic E-state index is -0.262. The number of hydrogen-bond donors (Lipinski definition) is 2. The second-order valence-corrected chi connectivity index (χ2v) is 4.61. The molecule has 1 heterocycles. The Kier molecular flexibility index (Phi) is 5.58. The van der Waals surface area contributed by atoms with E-state index >= 15 is 0 Å². The Morgan fingerprint density at radius 2 is 2.17 bits per heavy atom. The summed E-state index contributed by atoms with van der Waals surface area (Å²) in [6.45, 7) is 5.80. The van der Waals surface area contributed by atoms with E-state index in [2.05, 4.69) is 36.1 Å². The number of aromatic nitrogens is 1. The first-order valence-corrected chi connectivity index (χ1v) is 6.18. The zero-order valence-electron chi connectivity index (χ0n) is 11.2. The minimum absolute atomic E-state index is 0.236. The summed E-state index contributed by atoms with van der Waals surface area (Å²) in [5.74, 6) is -0.236. The molecular weight excluding hydrogens is 230 g/mol. The van der Waals surface area contributed by atoms with E-state index in [1.807, 2.05) is 0 Å². The molecule has 0 fully saturated rings. The molecule has 0 aromatic carbocycles. The molecule has 1 aromatic rings. The van der Waals surface area contributed by atoms with Crippen molar-refractivity contribution in [3.05, 3.63) is 34.2 Å². The molecular formula is C13H21N3O2. The van der Waals surface area contributed by atoms with E-state index < -0.39 is 0 Å². The molecule has 0 aliphatic heterocycles. The first-order chi connectivity index (χ1) is 8.50. The SMILES string of the molecule is CC(C)N(C)CCCNC(=O)c1cccc(=O)[nH]1. The van der Waals surface area contributed by atoms with Gasteiger partial charge >= 0.3 is 0 Å². The Hall–Kier alpha value is -1.62. The highest BCUT2D eigenvalue weighted by Crippen LogP contribution is 1.95. The van der Waals surface area contributed by atoms with Crippen LogP contribution in [0.3, 0.4) is 0 Å². The summed E-state index contributed by atoms with van der Waals surface area (Å²) in [5, 5.41) is 2.78. The number of rotatable bonds is 6. The summed E-state index contributed by atoms with van der Waals surface area (Å²) < 4.78 is 0. The van der Waals surface area contributed by atoms with Crippen LogP contribution in [0.1, 0.15) is 30.8 Å². The van der Waals surface area contributed by atoms with Gasteiger partial charge in [0.05, 0.1) is 0 Å². The van der Waals surface area contributed by atoms with Gasteiger partial charge in [-0.25, -0.2) is 0 Å². The van der Waals surface area contributed by atoms with Crippen LogP contribution in [0.5, 0.6) is 0 Å². The van der Waals surface area contributed by atoms with E-state index in [4.69, 9.17) is 0 Å². The van der Waals surface area contributed by atoms with Gasteiger partial charge in [-0.3, -0.25) is 9.59 Å². The van der Waals surface area contributed by atoms with Crippen LogP contribution < -0.4 is 10.9 Å². The van der Waals surface area contributed by atoms with Crippen LogP contribution >= 0.6 is 0 Å². The molecule has 2 N–H and O–H groups in total. The smallest absolute Gasteiger partial charge is 0.267 e. The summed E-state index contributed by atoms with van der Waals surface area (Å²) in [4.78, 5) is 27.4. The summed E-state index contributed by atoms with van der Waals surface area (Å²) in [5.41, 5.74) is 0.0434. The summed E-state index contributed by atoms with van der Waals surface area (Å²) >= 11 is 0. The molecule has 0 atom stereocenters. The van der Waals surface area contributed by atoms with Crippen molar-refractivity contribution in [1.29, 1.82) is 0 Å². The molecule has 0 radical (unpaired) electrons. The fourth-order valence-corrected chi connectivity index (χ4v) is 1.46. The highest BCUT2D eigenvalue weighted by atomic mass is 16.2. The van der Waals surface area contributed by atoms with Gasteiger partial charge in [0.2, 0.25) is 5.56 Å². The van der Waals surface area contributed by atoms with Gasteiger partial charge in [-0.15, -0.1) is 0 Å². The monoisotopic (exact) mass is 251 g/mol. The van der Waals surface area contributed by atoms with Crippen LogP contribution in [-0.4, -0.2) is 42.0 Å². The Morgan fingerprint density at radius 1 is 1.44 bits per heavy atom. The molecule has 1 amide bonds. The lowest BCUT2D eigenvalue weighted by Crippen LogP contribution is -2.32. The Morgan fingerprint density at radius 3 is 2.78 bits per heavy atom. The fraction of sp³-hybridized carbons (Fsp3) is 0.538. The number of pyridine rings is 1.